The standard InChI is InChI=1S/C8H19NOSi/c1-6-9-7-8(2,10)11(3,4)5/h7,10H,6H2,1-5H3. The van der Waals surface area contributed by atoms with Crippen LogP contribution in [0.25, 0.3) is 0 Å². The van der Waals surface area contributed by atoms with Crippen LogP contribution in [0.2, 0.25) is 19.6 Å². The van der Waals surface area contributed by atoms with Crippen LogP contribution in [0.5, 0.6) is 0 Å². The van der Waals surface area contributed by atoms with Crippen molar-refractivity contribution < 1.29 is 5.11 Å². The molecular weight excluding hydrogens is 154 g/mol. The fraction of sp³-hybridized carbons (Fsp3) is 0.875. The highest BCUT2D eigenvalue weighted by Gasteiger charge is 2.35. The normalized spacial score (nSPS) is 18.7. The fourth-order valence-electron chi connectivity index (χ4n) is 0.463. The van der Waals surface area contributed by atoms with Gasteiger partial charge in [0.2, 0.25) is 0 Å². The van der Waals surface area contributed by atoms with Gasteiger partial charge in [0, 0.05) is 12.8 Å². The molecule has 2 nitrogen and oxygen atoms in total. The van der Waals surface area contributed by atoms with E-state index in [0.29, 0.717) is 0 Å². The molecular formula is C8H19NOSi. The Bertz CT molecular complexity index is 147. The van der Waals surface area contributed by atoms with Crippen LogP contribution in [0, 0.1) is 0 Å². The van der Waals surface area contributed by atoms with Crippen LogP contribution in [0.1, 0.15) is 13.8 Å². The highest BCUT2D eigenvalue weighted by atomic mass is 28.3. The van der Waals surface area contributed by atoms with E-state index in [1.165, 1.54) is 0 Å². The number of aliphatic imine (C=N–C) groups is 1. The molecule has 0 saturated carbocycles. The van der Waals surface area contributed by atoms with Gasteiger partial charge >= 0.3 is 0 Å². The van der Waals surface area contributed by atoms with Crippen LogP contribution in [0.4, 0.5) is 0 Å². The van der Waals surface area contributed by atoms with Crippen LogP contribution < -0.4 is 0 Å². The Labute approximate surface area is 70.4 Å². The second kappa shape index (κ2) is 3.50. The number of aliphatic hydroxyl groups is 1. The Kier molecular flexibility index (Phi) is 3.45. The summed E-state index contributed by atoms with van der Waals surface area (Å²) in [6.45, 7) is 11.0. The molecule has 11 heavy (non-hydrogen) atoms. The molecule has 0 aromatic rings. The third kappa shape index (κ3) is 3.16. The van der Waals surface area contributed by atoms with Crippen molar-refractivity contribution >= 4 is 14.3 Å². The minimum Gasteiger partial charge on any atom is -0.388 e. The molecule has 66 valence electrons. The van der Waals surface area contributed by atoms with Gasteiger partial charge in [-0.1, -0.05) is 19.6 Å². The molecule has 1 N–H and O–H groups in total. The van der Waals surface area contributed by atoms with E-state index in [2.05, 4.69) is 24.6 Å². The van der Waals surface area contributed by atoms with Gasteiger partial charge in [0.05, 0.1) is 13.3 Å². The highest BCUT2D eigenvalue weighted by molar-refractivity contribution is 6.81. The second-order valence-electron chi connectivity index (χ2n) is 4.03. The molecule has 1 unspecified atom stereocenters. The second-order valence-corrected chi connectivity index (χ2v) is 9.54. The van der Waals surface area contributed by atoms with Crippen molar-refractivity contribution in [3.05, 3.63) is 0 Å². The average molecular weight is 173 g/mol. The number of hydrogen-bond acceptors (Lipinski definition) is 2. The van der Waals surface area contributed by atoms with Crippen LogP contribution >= 0.6 is 0 Å². The Balaban J connectivity index is 4.34. The molecule has 0 amide bonds. The smallest absolute Gasteiger partial charge is 0.0886 e. The van der Waals surface area contributed by atoms with Gasteiger partial charge in [0.25, 0.3) is 0 Å². The van der Waals surface area contributed by atoms with Gasteiger partial charge in [0.15, 0.2) is 0 Å². The molecule has 0 radical (unpaired) electrons. The summed E-state index contributed by atoms with van der Waals surface area (Å²) in [6, 6.07) is 0. The van der Waals surface area contributed by atoms with Gasteiger partial charge in [-0.3, -0.25) is 4.99 Å². The maximum absolute atomic E-state index is 9.89. The lowest BCUT2D eigenvalue weighted by atomic mass is 10.4. The predicted molar refractivity (Wildman–Crippen MR) is 53.0 cm³/mol. The number of hydrogen-bond donors (Lipinski definition) is 1. The van der Waals surface area contributed by atoms with Crippen LogP contribution in [0.15, 0.2) is 4.99 Å². The van der Waals surface area contributed by atoms with Crippen LogP contribution in [-0.2, 0) is 0 Å². The minimum atomic E-state index is -1.52. The average Bonchev–Trinajstić information content (AvgIpc) is 1.81. The lowest BCUT2D eigenvalue weighted by molar-refractivity contribution is 0.211. The molecule has 0 aliphatic heterocycles. The molecule has 0 fully saturated rings. The Morgan fingerprint density at radius 3 is 2.18 bits per heavy atom. The first-order valence-electron chi connectivity index (χ1n) is 4.04. The highest BCUT2D eigenvalue weighted by Crippen LogP contribution is 2.17. The molecule has 0 saturated heterocycles. The van der Waals surface area contributed by atoms with Gasteiger partial charge in [-0.25, -0.2) is 0 Å². The van der Waals surface area contributed by atoms with Gasteiger partial charge in [-0.05, 0) is 13.8 Å². The van der Waals surface area contributed by atoms with Gasteiger partial charge < -0.3 is 5.11 Å². The van der Waals surface area contributed by atoms with E-state index in [1.807, 2.05) is 13.8 Å². The van der Waals surface area contributed by atoms with E-state index in [1.54, 1.807) is 6.21 Å². The van der Waals surface area contributed by atoms with E-state index in [4.69, 9.17) is 0 Å². The summed E-state index contributed by atoms with van der Waals surface area (Å²) in [5, 5.41) is 9.23. The SMILES string of the molecule is CCN=CC(C)(O)[Si](C)(C)C. The zero-order chi connectivity index (χ0) is 9.12. The zero-order valence-electron chi connectivity index (χ0n) is 8.18. The molecule has 0 bridgehead atoms. The maximum atomic E-state index is 9.89. The molecule has 0 spiro atoms. The summed E-state index contributed by atoms with van der Waals surface area (Å²) >= 11 is 0. The lowest BCUT2D eigenvalue weighted by Gasteiger charge is -2.31. The zero-order valence-corrected chi connectivity index (χ0v) is 9.18. The first-order valence-corrected chi connectivity index (χ1v) is 7.54. The Hall–Kier alpha value is -0.153. The van der Waals surface area contributed by atoms with Gasteiger partial charge in [0.1, 0.15) is 0 Å². The van der Waals surface area contributed by atoms with Crippen molar-refractivity contribution in [3.63, 3.8) is 0 Å². The topological polar surface area (TPSA) is 32.6 Å². The third-order valence-electron chi connectivity index (χ3n) is 2.04. The summed E-state index contributed by atoms with van der Waals surface area (Å²) < 4.78 is 0. The Morgan fingerprint density at radius 1 is 1.45 bits per heavy atom. The molecule has 0 aliphatic rings. The van der Waals surface area contributed by atoms with Crippen molar-refractivity contribution in [2.24, 2.45) is 4.99 Å². The van der Waals surface area contributed by atoms with E-state index >= 15 is 0 Å². The number of rotatable bonds is 3. The summed E-state index contributed by atoms with van der Waals surface area (Å²) in [5.74, 6) is 0. The molecule has 0 aromatic heterocycles. The molecule has 0 rings (SSSR count). The van der Waals surface area contributed by atoms with E-state index < -0.39 is 13.3 Å². The quantitative estimate of drug-likeness (QED) is 0.511. The Morgan fingerprint density at radius 2 is 1.91 bits per heavy atom. The van der Waals surface area contributed by atoms with Crippen molar-refractivity contribution in [1.29, 1.82) is 0 Å². The summed E-state index contributed by atoms with van der Waals surface area (Å²) in [6.07, 6.45) is 1.69. The van der Waals surface area contributed by atoms with E-state index in [9.17, 15) is 5.11 Å². The van der Waals surface area contributed by atoms with Crippen LogP contribution in [0.3, 0.4) is 0 Å². The largest absolute Gasteiger partial charge is 0.388 e. The summed E-state index contributed by atoms with van der Waals surface area (Å²) in [4.78, 5) is 4.07. The van der Waals surface area contributed by atoms with Crippen molar-refractivity contribution in [2.45, 2.75) is 38.7 Å². The molecule has 3 heteroatoms. The monoisotopic (exact) mass is 173 g/mol. The minimum absolute atomic E-state index is 0.664. The molecule has 0 heterocycles. The fourth-order valence-corrected chi connectivity index (χ4v) is 0.941. The van der Waals surface area contributed by atoms with Gasteiger partial charge in [-0.2, -0.15) is 0 Å². The first kappa shape index (κ1) is 10.8. The predicted octanol–water partition coefficient (Wildman–Crippen LogP) is 1.71. The first-order chi connectivity index (χ1) is 4.81. The van der Waals surface area contributed by atoms with Gasteiger partial charge in [-0.15, -0.1) is 0 Å². The van der Waals surface area contributed by atoms with Crippen molar-refractivity contribution in [1.82, 2.24) is 0 Å². The van der Waals surface area contributed by atoms with Crippen LogP contribution in [-0.4, -0.2) is 31.2 Å². The summed E-state index contributed by atoms with van der Waals surface area (Å²) in [7, 11) is -1.52. The van der Waals surface area contributed by atoms with Crippen molar-refractivity contribution in [3.8, 4) is 0 Å². The van der Waals surface area contributed by atoms with E-state index in [0.717, 1.165) is 6.54 Å². The maximum Gasteiger partial charge on any atom is 0.0886 e. The molecule has 0 aliphatic carbocycles. The van der Waals surface area contributed by atoms with Crippen molar-refractivity contribution in [2.75, 3.05) is 6.54 Å². The lowest BCUT2D eigenvalue weighted by Crippen LogP contribution is -2.51. The van der Waals surface area contributed by atoms with E-state index in [-0.39, 0.29) is 0 Å². The third-order valence-corrected chi connectivity index (χ3v) is 5.21. The molecule has 0 aromatic carbocycles. The summed E-state index contributed by atoms with van der Waals surface area (Å²) in [5.41, 5.74) is 0. The number of nitrogens with zero attached hydrogens (tertiary/aromatic N) is 1. The molecule has 1 atom stereocenters.